The molecule has 1 N–H and O–H groups in total. The van der Waals surface area contributed by atoms with Crippen molar-refractivity contribution in [3.8, 4) is 0 Å². The molecule has 4 fully saturated rings. The average Bonchev–Trinajstić information content (AvgIpc) is 3.27. The van der Waals surface area contributed by atoms with Crippen molar-refractivity contribution in [2.45, 2.75) is 63.1 Å². The molecule has 3 atom stereocenters. The number of rotatable bonds is 10. The van der Waals surface area contributed by atoms with Crippen LogP contribution in [-0.2, 0) is 24.4 Å². The van der Waals surface area contributed by atoms with Crippen LogP contribution in [0.25, 0.3) is 6.08 Å². The third-order valence-corrected chi connectivity index (χ3v) is 10.7. The molecule has 0 bridgehead atoms. The van der Waals surface area contributed by atoms with Gasteiger partial charge in [-0.3, -0.25) is 19.3 Å². The maximum atomic E-state index is 13.3. The Bertz CT molecular complexity index is 1250. The summed E-state index contributed by atoms with van der Waals surface area (Å²) in [6.45, 7) is 3.56. The van der Waals surface area contributed by atoms with Crippen LogP contribution in [0.4, 0.5) is 0 Å². The second-order valence-electron chi connectivity index (χ2n) is 11.4. The number of carbonyl (C=O) groups excluding carboxylic acids is 3. The second kappa shape index (κ2) is 12.5. The molecular formula is C27H38ClN5O5S2. The zero-order chi connectivity index (χ0) is 28.4. The van der Waals surface area contributed by atoms with Crippen LogP contribution >= 0.6 is 22.9 Å². The quantitative estimate of drug-likeness (QED) is 0.434. The fraction of sp³-hybridized carbons (Fsp3) is 0.667. The van der Waals surface area contributed by atoms with Gasteiger partial charge >= 0.3 is 0 Å². The smallest absolute Gasteiger partial charge is 0.242 e. The normalized spacial score (nSPS) is 26.2. The van der Waals surface area contributed by atoms with Gasteiger partial charge in [-0.2, -0.15) is 4.72 Å². The molecule has 13 heteroatoms. The van der Waals surface area contributed by atoms with Crippen LogP contribution in [-0.4, -0.2) is 110 Å². The summed E-state index contributed by atoms with van der Waals surface area (Å²) in [6, 6.07) is 2.83. The van der Waals surface area contributed by atoms with Crippen LogP contribution in [0.15, 0.2) is 17.5 Å². The molecule has 3 amide bonds. The highest BCUT2D eigenvalue weighted by Crippen LogP contribution is 2.32. The number of likely N-dealkylation sites (N-methyl/N-ethyl adjacent to an activating group) is 1. The van der Waals surface area contributed by atoms with Gasteiger partial charge in [0.15, 0.2) is 0 Å². The minimum absolute atomic E-state index is 0.0433. The summed E-state index contributed by atoms with van der Waals surface area (Å²) in [5.41, 5.74) is 0. The van der Waals surface area contributed by atoms with Crippen LogP contribution in [0.3, 0.4) is 0 Å². The molecule has 0 spiro atoms. The lowest BCUT2D eigenvalue weighted by Crippen LogP contribution is -2.55. The standard InChI is InChI=1S/C27H38ClN5O5S2/c1-30(26(35)19-6-7-19)20-10-14-31(16-20)17-21-4-2-13-33(21)25(34)18-32-12-3-5-23(27(32)36)29-40(37,38)15-11-22-8-9-24(28)39-22/h8-9,11,15,19-21,23,29H,2-7,10,12-14,16-18H2,1H3/b15-11+. The van der Waals surface area contributed by atoms with Crippen molar-refractivity contribution in [1.82, 2.24) is 24.3 Å². The minimum atomic E-state index is -3.85. The first-order chi connectivity index (χ1) is 19.1. The first kappa shape index (κ1) is 29.5. The van der Waals surface area contributed by atoms with Crippen LogP contribution in [0.5, 0.6) is 0 Å². The number of hydrogen-bond acceptors (Lipinski definition) is 7. The molecule has 3 aliphatic heterocycles. The van der Waals surface area contributed by atoms with E-state index in [9.17, 15) is 22.8 Å². The third-order valence-electron chi connectivity index (χ3n) is 8.40. The van der Waals surface area contributed by atoms with Crippen molar-refractivity contribution in [3.05, 3.63) is 26.8 Å². The molecule has 1 aromatic heterocycles. The largest absolute Gasteiger partial charge is 0.341 e. The fourth-order valence-corrected chi connectivity index (χ4v) is 8.09. The van der Waals surface area contributed by atoms with Gasteiger partial charge in [-0.25, -0.2) is 8.42 Å². The van der Waals surface area contributed by atoms with Crippen molar-refractivity contribution < 1.29 is 22.8 Å². The van der Waals surface area contributed by atoms with E-state index < -0.39 is 16.1 Å². The van der Waals surface area contributed by atoms with Gasteiger partial charge in [-0.15, -0.1) is 11.3 Å². The number of amides is 3. The van der Waals surface area contributed by atoms with Crippen molar-refractivity contribution in [1.29, 1.82) is 0 Å². The number of likely N-dealkylation sites (tertiary alicyclic amines) is 3. The van der Waals surface area contributed by atoms with E-state index in [0.717, 1.165) is 57.1 Å². The van der Waals surface area contributed by atoms with Crippen LogP contribution < -0.4 is 4.72 Å². The van der Waals surface area contributed by atoms with Crippen LogP contribution in [0.1, 0.15) is 49.8 Å². The Morgan fingerprint density at radius 2 is 1.90 bits per heavy atom. The number of hydrogen-bond donors (Lipinski definition) is 1. The lowest BCUT2D eigenvalue weighted by atomic mass is 10.1. The molecule has 5 rings (SSSR count). The van der Waals surface area contributed by atoms with Crippen molar-refractivity contribution in [3.63, 3.8) is 0 Å². The van der Waals surface area contributed by atoms with Crippen molar-refractivity contribution >= 4 is 56.8 Å². The van der Waals surface area contributed by atoms with E-state index >= 15 is 0 Å². The lowest BCUT2D eigenvalue weighted by molar-refractivity contribution is -0.143. The van der Waals surface area contributed by atoms with Gasteiger partial charge in [0.05, 0.1) is 10.9 Å². The Labute approximate surface area is 245 Å². The van der Waals surface area contributed by atoms with E-state index in [1.807, 2.05) is 16.8 Å². The highest BCUT2D eigenvalue weighted by molar-refractivity contribution is 7.92. The Morgan fingerprint density at radius 1 is 1.12 bits per heavy atom. The SMILES string of the molecule is CN(C(=O)C1CC1)C1CCN(CC2CCCN2C(=O)CN2CCCC(NS(=O)(=O)/C=C/c3ccc(Cl)s3)C2=O)C1. The molecule has 1 aliphatic carbocycles. The average molecular weight is 612 g/mol. The number of piperidine rings is 1. The Morgan fingerprint density at radius 3 is 2.62 bits per heavy atom. The zero-order valence-corrected chi connectivity index (χ0v) is 25.2. The summed E-state index contributed by atoms with van der Waals surface area (Å²) in [6.07, 6.45) is 7.26. The maximum absolute atomic E-state index is 13.3. The van der Waals surface area contributed by atoms with E-state index in [4.69, 9.17) is 11.6 Å². The van der Waals surface area contributed by atoms with E-state index in [1.165, 1.54) is 22.3 Å². The molecule has 4 aliphatic rings. The first-order valence-electron chi connectivity index (χ1n) is 14.1. The number of nitrogens with zero attached hydrogens (tertiary/aromatic N) is 4. The number of carbonyl (C=O) groups is 3. The zero-order valence-electron chi connectivity index (χ0n) is 22.8. The van der Waals surface area contributed by atoms with Gasteiger partial charge in [0.25, 0.3) is 0 Å². The van der Waals surface area contributed by atoms with E-state index in [2.05, 4.69) is 9.62 Å². The molecule has 40 heavy (non-hydrogen) atoms. The predicted molar refractivity (Wildman–Crippen MR) is 155 cm³/mol. The van der Waals surface area contributed by atoms with Gasteiger partial charge in [0, 0.05) is 68.1 Å². The van der Waals surface area contributed by atoms with E-state index in [0.29, 0.717) is 35.1 Å². The molecule has 4 heterocycles. The van der Waals surface area contributed by atoms with Gasteiger partial charge < -0.3 is 14.7 Å². The van der Waals surface area contributed by atoms with Gasteiger partial charge in [-0.05, 0) is 63.2 Å². The topological polar surface area (TPSA) is 110 Å². The molecule has 10 nitrogen and oxygen atoms in total. The molecule has 3 saturated heterocycles. The molecular weight excluding hydrogens is 574 g/mol. The number of thiophene rings is 1. The summed E-state index contributed by atoms with van der Waals surface area (Å²) in [7, 11) is -1.93. The van der Waals surface area contributed by atoms with E-state index in [-0.39, 0.29) is 42.3 Å². The second-order valence-corrected chi connectivity index (χ2v) is 14.7. The van der Waals surface area contributed by atoms with Gasteiger partial charge in [0.2, 0.25) is 27.7 Å². The van der Waals surface area contributed by atoms with Crippen molar-refractivity contribution in [2.75, 3.05) is 46.3 Å². The van der Waals surface area contributed by atoms with Gasteiger partial charge in [0.1, 0.15) is 6.04 Å². The molecule has 0 radical (unpaired) electrons. The lowest BCUT2D eigenvalue weighted by Gasteiger charge is -2.34. The number of halogens is 1. The molecule has 220 valence electrons. The molecule has 3 unspecified atom stereocenters. The summed E-state index contributed by atoms with van der Waals surface area (Å²) in [4.78, 5) is 47.3. The fourth-order valence-electron chi connectivity index (χ4n) is 6.02. The first-order valence-corrected chi connectivity index (χ1v) is 16.9. The van der Waals surface area contributed by atoms with Crippen molar-refractivity contribution in [2.24, 2.45) is 5.92 Å². The Balaban J connectivity index is 1.12. The number of sulfonamides is 1. The molecule has 1 aromatic rings. The summed E-state index contributed by atoms with van der Waals surface area (Å²) < 4.78 is 28.3. The Hall–Kier alpha value is -1.99. The maximum Gasteiger partial charge on any atom is 0.242 e. The summed E-state index contributed by atoms with van der Waals surface area (Å²) >= 11 is 7.16. The van der Waals surface area contributed by atoms with Gasteiger partial charge in [-0.1, -0.05) is 11.6 Å². The predicted octanol–water partition coefficient (Wildman–Crippen LogP) is 2.22. The molecule has 1 saturated carbocycles. The van der Waals surface area contributed by atoms with E-state index in [1.54, 1.807) is 12.1 Å². The number of nitrogens with one attached hydrogen (secondary N) is 1. The third kappa shape index (κ3) is 7.25. The summed E-state index contributed by atoms with van der Waals surface area (Å²) in [5.74, 6) is 0.0271. The summed E-state index contributed by atoms with van der Waals surface area (Å²) in [5, 5.41) is 1.05. The monoisotopic (exact) mass is 611 g/mol. The van der Waals surface area contributed by atoms with Crippen LogP contribution in [0, 0.1) is 5.92 Å². The minimum Gasteiger partial charge on any atom is -0.341 e. The highest BCUT2D eigenvalue weighted by atomic mass is 35.5. The van der Waals surface area contributed by atoms with Crippen LogP contribution in [0.2, 0.25) is 4.34 Å². The molecule has 0 aromatic carbocycles. The highest BCUT2D eigenvalue weighted by Gasteiger charge is 2.39. The Kier molecular flexibility index (Phi) is 9.20.